The number of benzene rings is 1. The maximum atomic E-state index is 5.68. The van der Waals surface area contributed by atoms with Gasteiger partial charge >= 0.3 is 0 Å². The van der Waals surface area contributed by atoms with E-state index in [-0.39, 0.29) is 0 Å². The molecule has 1 N–H and O–H groups in total. The third-order valence-corrected chi connectivity index (χ3v) is 2.56. The summed E-state index contributed by atoms with van der Waals surface area (Å²) >= 11 is 0. The van der Waals surface area contributed by atoms with Crippen molar-refractivity contribution in [2.45, 2.75) is 34.2 Å². The summed E-state index contributed by atoms with van der Waals surface area (Å²) in [5.41, 5.74) is 2.46. The highest BCUT2D eigenvalue weighted by molar-refractivity contribution is 5.37. The zero-order valence-corrected chi connectivity index (χ0v) is 11.8. The van der Waals surface area contributed by atoms with Crippen molar-refractivity contribution in [3.05, 3.63) is 29.3 Å². The van der Waals surface area contributed by atoms with Crippen LogP contribution >= 0.6 is 0 Å². The van der Waals surface area contributed by atoms with E-state index in [1.807, 2.05) is 13.0 Å². The van der Waals surface area contributed by atoms with E-state index in [1.54, 1.807) is 0 Å². The maximum Gasteiger partial charge on any atom is 0.149 e. The second-order valence-electron chi connectivity index (χ2n) is 4.85. The van der Waals surface area contributed by atoms with Crippen LogP contribution in [-0.2, 0) is 6.54 Å². The highest BCUT2D eigenvalue weighted by atomic mass is 16.5. The van der Waals surface area contributed by atoms with Gasteiger partial charge in [0.05, 0.1) is 0 Å². The van der Waals surface area contributed by atoms with Crippen LogP contribution in [0.15, 0.2) is 18.2 Å². The largest absolute Gasteiger partial charge is 0.481 e. The normalized spacial score (nSPS) is 10.1. The van der Waals surface area contributed by atoms with E-state index < -0.39 is 0 Å². The van der Waals surface area contributed by atoms with Gasteiger partial charge < -0.3 is 10.1 Å². The molecule has 0 saturated carbocycles. The van der Waals surface area contributed by atoms with Crippen molar-refractivity contribution in [1.82, 2.24) is 5.32 Å². The van der Waals surface area contributed by atoms with Gasteiger partial charge in [0.25, 0.3) is 0 Å². The summed E-state index contributed by atoms with van der Waals surface area (Å²) < 4.78 is 5.68. The Kier molecular flexibility index (Phi) is 6.32. The van der Waals surface area contributed by atoms with Crippen molar-refractivity contribution in [2.24, 2.45) is 5.92 Å². The Morgan fingerprint density at radius 3 is 2.78 bits per heavy atom. The Bertz CT molecular complexity index is 426. The van der Waals surface area contributed by atoms with Crippen molar-refractivity contribution in [3.63, 3.8) is 0 Å². The van der Waals surface area contributed by atoms with Crippen molar-refractivity contribution in [2.75, 3.05) is 13.2 Å². The summed E-state index contributed by atoms with van der Waals surface area (Å²) in [7, 11) is 0. The molecule has 1 aromatic carbocycles. The van der Waals surface area contributed by atoms with E-state index in [4.69, 9.17) is 4.74 Å². The molecule has 0 radical (unpaired) electrons. The Hall–Kier alpha value is -1.46. The zero-order valence-electron chi connectivity index (χ0n) is 11.8. The molecule has 0 aliphatic carbocycles. The minimum Gasteiger partial charge on any atom is -0.481 e. The lowest BCUT2D eigenvalue weighted by Gasteiger charge is -2.12. The minimum atomic E-state index is 0.455. The third-order valence-electron chi connectivity index (χ3n) is 2.56. The van der Waals surface area contributed by atoms with Gasteiger partial charge in [0, 0.05) is 12.1 Å². The summed E-state index contributed by atoms with van der Waals surface area (Å²) in [6.45, 7) is 10.6. The summed E-state index contributed by atoms with van der Waals surface area (Å²) in [4.78, 5) is 0. The van der Waals surface area contributed by atoms with Crippen LogP contribution in [0.3, 0.4) is 0 Å². The van der Waals surface area contributed by atoms with Crippen molar-refractivity contribution in [1.29, 1.82) is 0 Å². The Labute approximate surface area is 111 Å². The van der Waals surface area contributed by atoms with Gasteiger partial charge in [0.15, 0.2) is 0 Å². The lowest BCUT2D eigenvalue weighted by molar-refractivity contribution is 0.364. The number of nitrogens with one attached hydrogen (secondary N) is 1. The van der Waals surface area contributed by atoms with Gasteiger partial charge in [0.2, 0.25) is 0 Å². The molecule has 0 aromatic heterocycles. The van der Waals surface area contributed by atoms with E-state index in [2.05, 4.69) is 50.1 Å². The Morgan fingerprint density at radius 1 is 1.33 bits per heavy atom. The summed E-state index contributed by atoms with van der Waals surface area (Å²) in [6, 6.07) is 6.27. The molecule has 0 amide bonds. The van der Waals surface area contributed by atoms with Gasteiger partial charge in [-0.1, -0.05) is 37.5 Å². The highest BCUT2D eigenvalue weighted by Gasteiger charge is 2.04. The van der Waals surface area contributed by atoms with Gasteiger partial charge in [-0.2, -0.15) is 0 Å². The molecule has 0 bridgehead atoms. The van der Waals surface area contributed by atoms with Gasteiger partial charge in [-0.25, -0.2) is 0 Å². The number of aryl methyl sites for hydroxylation is 1. The number of hydrogen-bond donors (Lipinski definition) is 1. The van der Waals surface area contributed by atoms with Crippen LogP contribution in [-0.4, -0.2) is 13.2 Å². The lowest BCUT2D eigenvalue weighted by atomic mass is 10.1. The van der Waals surface area contributed by atoms with Crippen molar-refractivity contribution >= 4 is 0 Å². The molecule has 0 aliphatic heterocycles. The van der Waals surface area contributed by atoms with Crippen molar-refractivity contribution < 1.29 is 4.74 Å². The van der Waals surface area contributed by atoms with E-state index in [0.717, 1.165) is 18.8 Å². The third kappa shape index (κ3) is 5.25. The fourth-order valence-corrected chi connectivity index (χ4v) is 1.67. The predicted molar refractivity (Wildman–Crippen MR) is 76.7 cm³/mol. The quantitative estimate of drug-likeness (QED) is 0.777. The van der Waals surface area contributed by atoms with Gasteiger partial charge in [-0.05, 0) is 32.4 Å². The standard InChI is InChI=1S/C16H23NO/c1-5-6-9-18-16-8-7-14(4)10-15(16)12-17-11-13(2)3/h7-8,10,13,17H,9,11-12H2,1-4H3. The summed E-state index contributed by atoms with van der Waals surface area (Å²) in [5.74, 6) is 7.34. The first-order valence-corrected chi connectivity index (χ1v) is 6.46. The van der Waals surface area contributed by atoms with Crippen LogP contribution in [0.25, 0.3) is 0 Å². The van der Waals surface area contributed by atoms with Gasteiger partial charge in [0.1, 0.15) is 12.4 Å². The smallest absolute Gasteiger partial charge is 0.149 e. The van der Waals surface area contributed by atoms with E-state index in [9.17, 15) is 0 Å². The average molecular weight is 245 g/mol. The van der Waals surface area contributed by atoms with E-state index >= 15 is 0 Å². The highest BCUT2D eigenvalue weighted by Crippen LogP contribution is 2.19. The lowest BCUT2D eigenvalue weighted by Crippen LogP contribution is -2.19. The monoisotopic (exact) mass is 245 g/mol. The van der Waals surface area contributed by atoms with Crippen LogP contribution in [0.5, 0.6) is 5.75 Å². The molecule has 0 fully saturated rings. The summed E-state index contributed by atoms with van der Waals surface area (Å²) in [6.07, 6.45) is 0. The van der Waals surface area contributed by atoms with Gasteiger partial charge in [-0.3, -0.25) is 0 Å². The van der Waals surface area contributed by atoms with Crippen LogP contribution < -0.4 is 10.1 Å². The molecule has 0 heterocycles. The molecule has 2 nitrogen and oxygen atoms in total. The number of hydrogen-bond acceptors (Lipinski definition) is 2. The molecular weight excluding hydrogens is 222 g/mol. The Balaban J connectivity index is 2.66. The number of ether oxygens (including phenoxy) is 1. The minimum absolute atomic E-state index is 0.455. The molecule has 0 spiro atoms. The van der Waals surface area contributed by atoms with Crippen LogP contribution in [0.2, 0.25) is 0 Å². The second-order valence-corrected chi connectivity index (χ2v) is 4.85. The fourth-order valence-electron chi connectivity index (χ4n) is 1.67. The topological polar surface area (TPSA) is 21.3 Å². The fraction of sp³-hybridized carbons (Fsp3) is 0.500. The maximum absolute atomic E-state index is 5.68. The molecule has 98 valence electrons. The number of rotatable bonds is 6. The molecule has 2 heteroatoms. The molecule has 1 rings (SSSR count). The summed E-state index contributed by atoms with van der Waals surface area (Å²) in [5, 5.41) is 3.44. The van der Waals surface area contributed by atoms with E-state index in [0.29, 0.717) is 12.5 Å². The average Bonchev–Trinajstić information content (AvgIpc) is 2.31. The van der Waals surface area contributed by atoms with Crippen LogP contribution in [0.1, 0.15) is 31.9 Å². The predicted octanol–water partition coefficient (Wildman–Crippen LogP) is 3.14. The molecule has 0 saturated heterocycles. The molecule has 18 heavy (non-hydrogen) atoms. The molecule has 0 unspecified atom stereocenters. The first-order chi connectivity index (χ1) is 8.63. The second kappa shape index (κ2) is 7.79. The molecule has 0 aliphatic rings. The molecular formula is C16H23NO. The van der Waals surface area contributed by atoms with Crippen LogP contribution in [0.4, 0.5) is 0 Å². The Morgan fingerprint density at radius 2 is 2.11 bits per heavy atom. The van der Waals surface area contributed by atoms with E-state index in [1.165, 1.54) is 11.1 Å². The van der Waals surface area contributed by atoms with Gasteiger partial charge in [-0.15, -0.1) is 5.92 Å². The van der Waals surface area contributed by atoms with Crippen molar-refractivity contribution in [3.8, 4) is 17.6 Å². The van der Waals surface area contributed by atoms with Crippen LogP contribution in [0, 0.1) is 24.7 Å². The first kappa shape index (κ1) is 14.6. The first-order valence-electron chi connectivity index (χ1n) is 6.46. The SMILES string of the molecule is CC#CCOc1ccc(C)cc1CNCC(C)C. The zero-order chi connectivity index (χ0) is 13.4. The molecule has 0 atom stereocenters. The molecule has 1 aromatic rings.